The summed E-state index contributed by atoms with van der Waals surface area (Å²) in [6.07, 6.45) is -1.70. The van der Waals surface area contributed by atoms with Gasteiger partial charge in [0.15, 0.2) is 6.29 Å². The number of carbonyl (C=O) groups is 1. The van der Waals surface area contributed by atoms with Crippen LogP contribution in [-0.2, 0) is 23.7 Å². The molecule has 2 heterocycles. The van der Waals surface area contributed by atoms with Gasteiger partial charge in [-0.3, -0.25) is 4.79 Å². The van der Waals surface area contributed by atoms with Gasteiger partial charge in [-0.15, -0.1) is 0 Å². The number of fused-ring (bicyclic) bond motifs is 7. The topological polar surface area (TPSA) is 175 Å². The van der Waals surface area contributed by atoms with Crippen LogP contribution < -0.4 is 0 Å². The average molecular weight is 749 g/mol. The quantitative estimate of drug-likeness (QED) is 0.138. The molecule has 11 heteroatoms. The van der Waals surface area contributed by atoms with Crippen molar-refractivity contribution in [3.63, 3.8) is 0 Å². The maximum absolute atomic E-state index is 14.6. The fourth-order valence-electron chi connectivity index (χ4n) is 13.7. The zero-order chi connectivity index (χ0) is 38.8. The van der Waals surface area contributed by atoms with Crippen LogP contribution in [-0.4, -0.2) is 104 Å². The van der Waals surface area contributed by atoms with Crippen LogP contribution in [0.1, 0.15) is 120 Å². The van der Waals surface area contributed by atoms with Gasteiger partial charge in [-0.25, -0.2) is 0 Å². The number of aliphatic hydroxyl groups excluding tert-OH is 6. The molecule has 0 aromatic carbocycles. The summed E-state index contributed by atoms with van der Waals surface area (Å²) in [5.41, 5.74) is 0.260. The van der Waals surface area contributed by atoms with Gasteiger partial charge in [0.05, 0.1) is 23.7 Å². The second-order valence-corrected chi connectivity index (χ2v) is 20.1. The summed E-state index contributed by atoms with van der Waals surface area (Å²) in [4.78, 5) is 14.6. The first-order valence-corrected chi connectivity index (χ1v) is 20.6. The Morgan fingerprint density at radius 2 is 1.30 bits per heavy atom. The summed E-state index contributed by atoms with van der Waals surface area (Å²) in [5, 5.41) is 63.1. The largest absolute Gasteiger partial charge is 0.432 e. The highest BCUT2D eigenvalue weighted by atomic mass is 16.7. The van der Waals surface area contributed by atoms with E-state index in [0.717, 1.165) is 44.9 Å². The molecule has 0 radical (unpaired) electrons. The molecule has 302 valence electrons. The Labute approximate surface area is 315 Å². The molecular formula is C42H68O11. The van der Waals surface area contributed by atoms with E-state index in [1.165, 1.54) is 5.57 Å². The fraction of sp³-hybridized carbons (Fsp3) is 0.929. The molecule has 1 unspecified atom stereocenters. The molecule has 7 aliphatic rings. The second-order valence-electron chi connectivity index (χ2n) is 20.1. The number of aliphatic hydroxyl groups is 6. The van der Waals surface area contributed by atoms with E-state index in [1.807, 2.05) is 0 Å². The van der Waals surface area contributed by atoms with E-state index in [-0.39, 0.29) is 45.6 Å². The highest BCUT2D eigenvalue weighted by molar-refractivity contribution is 5.79. The van der Waals surface area contributed by atoms with Crippen LogP contribution >= 0.6 is 0 Å². The van der Waals surface area contributed by atoms with Crippen LogP contribution in [0.2, 0.25) is 0 Å². The molecule has 5 aliphatic carbocycles. The van der Waals surface area contributed by atoms with Gasteiger partial charge in [0.25, 0.3) is 0 Å². The Morgan fingerprint density at radius 1 is 0.698 bits per heavy atom. The van der Waals surface area contributed by atoms with Crippen molar-refractivity contribution in [3.8, 4) is 0 Å². The maximum atomic E-state index is 14.6. The highest BCUT2D eigenvalue weighted by Crippen LogP contribution is 2.76. The molecule has 2 aliphatic heterocycles. The molecular weight excluding hydrogens is 680 g/mol. The van der Waals surface area contributed by atoms with E-state index in [9.17, 15) is 35.4 Å². The number of carbonyl (C=O) groups excluding carboxylic acids is 1. The predicted molar refractivity (Wildman–Crippen MR) is 195 cm³/mol. The zero-order valence-corrected chi connectivity index (χ0v) is 33.4. The van der Waals surface area contributed by atoms with E-state index in [1.54, 1.807) is 13.8 Å². The first-order chi connectivity index (χ1) is 24.7. The molecule has 6 N–H and O–H groups in total. The first-order valence-electron chi connectivity index (χ1n) is 20.6. The number of allylic oxidation sites excluding steroid dienone is 2. The third-order valence-electron chi connectivity index (χ3n) is 17.5. The summed E-state index contributed by atoms with van der Waals surface area (Å²) in [5.74, 6) is 1.04. The van der Waals surface area contributed by atoms with E-state index in [0.29, 0.717) is 30.6 Å². The molecule has 2 saturated heterocycles. The lowest BCUT2D eigenvalue weighted by Crippen LogP contribution is -2.66. The van der Waals surface area contributed by atoms with Gasteiger partial charge >= 0.3 is 5.97 Å². The number of esters is 1. The Kier molecular flexibility index (Phi) is 10.2. The minimum atomic E-state index is -1.54. The number of rotatable bonds is 4. The number of hydrogen-bond acceptors (Lipinski definition) is 11. The molecule has 6 fully saturated rings. The SMILES string of the molecule is C[C@H]1[C@H](C)CC[C@]2(C(=O)O[C@@H]3O[C@@H](C)[C@H](O)[C@@H](O)[C@H]3O)CC[C@]3(C)C(=CC[C@@H]4[C@@]5(C)CC[C@H](O[C@@H]6O[C@@H](C)[C@H](O)[C@@H](O)[C@H]6O)C(C)(C)C5CC[C@]43C)[C@H]12. The van der Waals surface area contributed by atoms with Gasteiger partial charge in [0.1, 0.15) is 36.6 Å². The van der Waals surface area contributed by atoms with Crippen LogP contribution in [0.4, 0.5) is 0 Å². The monoisotopic (exact) mass is 748 g/mol. The van der Waals surface area contributed by atoms with E-state index in [4.69, 9.17) is 18.9 Å². The smallest absolute Gasteiger partial charge is 0.315 e. The van der Waals surface area contributed by atoms with E-state index >= 15 is 0 Å². The Bertz CT molecular complexity index is 1440. The molecule has 0 bridgehead atoms. The summed E-state index contributed by atoms with van der Waals surface area (Å²) in [6.45, 7) is 19.9. The molecule has 4 saturated carbocycles. The summed E-state index contributed by atoms with van der Waals surface area (Å²) in [6, 6.07) is 0. The molecule has 0 aromatic rings. The fourth-order valence-corrected chi connectivity index (χ4v) is 13.7. The van der Waals surface area contributed by atoms with Gasteiger partial charge < -0.3 is 49.6 Å². The third kappa shape index (κ3) is 5.70. The third-order valence-corrected chi connectivity index (χ3v) is 17.5. The van der Waals surface area contributed by atoms with Crippen molar-refractivity contribution in [2.45, 2.75) is 188 Å². The van der Waals surface area contributed by atoms with E-state index in [2.05, 4.69) is 54.5 Å². The van der Waals surface area contributed by atoms with Gasteiger partial charge in [-0.05, 0) is 123 Å². The summed E-state index contributed by atoms with van der Waals surface area (Å²) >= 11 is 0. The van der Waals surface area contributed by atoms with Crippen molar-refractivity contribution in [2.24, 2.45) is 56.7 Å². The molecule has 0 amide bonds. The maximum Gasteiger partial charge on any atom is 0.315 e. The van der Waals surface area contributed by atoms with Gasteiger partial charge in [-0.1, -0.05) is 60.1 Å². The van der Waals surface area contributed by atoms with Gasteiger partial charge in [0.2, 0.25) is 6.29 Å². The molecule has 7 rings (SSSR count). The summed E-state index contributed by atoms with van der Waals surface area (Å²) < 4.78 is 24.3. The Morgan fingerprint density at radius 3 is 1.94 bits per heavy atom. The van der Waals surface area contributed by atoms with Crippen molar-refractivity contribution < 1.29 is 54.4 Å². The second kappa shape index (κ2) is 13.5. The first kappa shape index (κ1) is 40.1. The number of ether oxygens (including phenoxy) is 4. The van der Waals surface area contributed by atoms with Crippen molar-refractivity contribution in [1.29, 1.82) is 0 Å². The minimum absolute atomic E-state index is 0.0146. The van der Waals surface area contributed by atoms with E-state index < -0.39 is 66.8 Å². The molecule has 0 aromatic heterocycles. The number of hydrogen-bond donors (Lipinski definition) is 6. The molecule has 53 heavy (non-hydrogen) atoms. The summed E-state index contributed by atoms with van der Waals surface area (Å²) in [7, 11) is 0. The van der Waals surface area contributed by atoms with Crippen LogP contribution in [0, 0.1) is 56.7 Å². The van der Waals surface area contributed by atoms with Crippen molar-refractivity contribution in [3.05, 3.63) is 11.6 Å². The average Bonchev–Trinajstić information content (AvgIpc) is 3.10. The lowest BCUT2D eigenvalue weighted by Gasteiger charge is -2.71. The minimum Gasteiger partial charge on any atom is -0.432 e. The predicted octanol–water partition coefficient (Wildman–Crippen LogP) is 4.23. The van der Waals surface area contributed by atoms with Crippen molar-refractivity contribution >= 4 is 5.97 Å². The van der Waals surface area contributed by atoms with Crippen LogP contribution in [0.25, 0.3) is 0 Å². The normalized spacial score (nSPS) is 56.5. The Balaban J connectivity index is 1.17. The van der Waals surface area contributed by atoms with Crippen molar-refractivity contribution in [2.75, 3.05) is 0 Å². The van der Waals surface area contributed by atoms with Crippen LogP contribution in [0.3, 0.4) is 0 Å². The Hall–Kier alpha value is -1.15. The zero-order valence-electron chi connectivity index (χ0n) is 33.4. The van der Waals surface area contributed by atoms with Gasteiger partial charge in [-0.2, -0.15) is 0 Å². The lowest BCUT2D eigenvalue weighted by atomic mass is 9.33. The van der Waals surface area contributed by atoms with Crippen LogP contribution in [0.5, 0.6) is 0 Å². The molecule has 11 nitrogen and oxygen atoms in total. The lowest BCUT2D eigenvalue weighted by molar-refractivity contribution is -0.324. The standard InChI is InChI=1S/C42H68O11/c1-20-12-17-42(37(49)53-36-34(48)32(46)30(44)23(4)51-36)19-18-40(8)24(28(42)21(20)2)10-11-26-39(7)15-14-27(38(5,6)25(39)13-16-41(26,40)9)52-35-33(47)31(45)29(43)22(3)50-35/h10,20-23,25-36,43-48H,11-19H2,1-9H3/t20-,21+,22+,23+,25?,26-,27+,28+,29+,30+,31-,32-,33-,34-,35+,36+,39+,40-,41-,42+/m1/s1. The van der Waals surface area contributed by atoms with Gasteiger partial charge in [0, 0.05) is 0 Å². The molecule has 20 atom stereocenters. The van der Waals surface area contributed by atoms with Crippen LogP contribution in [0.15, 0.2) is 11.6 Å². The highest BCUT2D eigenvalue weighted by Gasteiger charge is 2.70. The molecule has 0 spiro atoms. The van der Waals surface area contributed by atoms with Crippen molar-refractivity contribution in [1.82, 2.24) is 0 Å².